The quantitative estimate of drug-likeness (QED) is 0.713. The number of halogens is 1. The van der Waals surface area contributed by atoms with E-state index in [-0.39, 0.29) is 0 Å². The van der Waals surface area contributed by atoms with Gasteiger partial charge >= 0.3 is 0 Å². The maximum absolute atomic E-state index is 5.98. The molecule has 2 bridgehead atoms. The van der Waals surface area contributed by atoms with E-state index in [0.29, 0.717) is 11.1 Å². The first-order valence-corrected chi connectivity index (χ1v) is 5.66. The van der Waals surface area contributed by atoms with E-state index in [1.807, 2.05) is 0 Å². The van der Waals surface area contributed by atoms with Crippen LogP contribution in [-0.4, -0.2) is 33.3 Å². The van der Waals surface area contributed by atoms with Gasteiger partial charge in [-0.1, -0.05) is 11.6 Å². The van der Waals surface area contributed by atoms with Gasteiger partial charge in [0.1, 0.15) is 0 Å². The smallest absolute Gasteiger partial charge is 0.166 e. The van der Waals surface area contributed by atoms with E-state index in [1.54, 1.807) is 0 Å². The highest BCUT2D eigenvalue weighted by atomic mass is 35.5. The van der Waals surface area contributed by atoms with Crippen LogP contribution in [0.2, 0.25) is 5.15 Å². The second kappa shape index (κ2) is 2.90. The van der Waals surface area contributed by atoms with E-state index in [4.69, 9.17) is 11.6 Å². The van der Waals surface area contributed by atoms with Crippen LogP contribution in [-0.2, 0) is 0 Å². The Labute approximate surface area is 86.0 Å². The lowest BCUT2D eigenvalue weighted by Gasteiger charge is -2.19. The highest BCUT2D eigenvalue weighted by molar-refractivity contribution is 6.99. The highest BCUT2D eigenvalue weighted by Crippen LogP contribution is 2.40. The van der Waals surface area contributed by atoms with Gasteiger partial charge in [0.15, 0.2) is 5.15 Å². The number of nitrogens with zero attached hydrogens (tertiary/aromatic N) is 3. The largest absolute Gasteiger partial charge is 0.302 e. The van der Waals surface area contributed by atoms with Gasteiger partial charge < -0.3 is 4.90 Å². The van der Waals surface area contributed by atoms with Gasteiger partial charge in [-0.25, -0.2) is 0 Å². The van der Waals surface area contributed by atoms with Crippen molar-refractivity contribution in [3.63, 3.8) is 0 Å². The Morgan fingerprint density at radius 3 is 2.85 bits per heavy atom. The SMILES string of the molecule is Clc1nsnc1[C@@H]1CN2CCC1C2. The van der Waals surface area contributed by atoms with E-state index in [9.17, 15) is 0 Å². The van der Waals surface area contributed by atoms with Gasteiger partial charge in [-0.05, 0) is 18.9 Å². The molecule has 2 fully saturated rings. The number of hydrogen-bond donors (Lipinski definition) is 0. The molecule has 0 saturated carbocycles. The average Bonchev–Trinajstić information content (AvgIpc) is 2.77. The number of piperidine rings is 1. The monoisotopic (exact) mass is 215 g/mol. The molecule has 3 heterocycles. The molecule has 2 unspecified atom stereocenters. The van der Waals surface area contributed by atoms with Gasteiger partial charge in [-0.15, -0.1) is 0 Å². The Morgan fingerprint density at radius 2 is 2.31 bits per heavy atom. The first-order chi connectivity index (χ1) is 6.34. The highest BCUT2D eigenvalue weighted by Gasteiger charge is 2.40. The molecular formula is C8H10ClN3S. The van der Waals surface area contributed by atoms with Crippen LogP contribution in [0.25, 0.3) is 0 Å². The molecule has 0 spiro atoms. The second-order valence-electron chi connectivity index (χ2n) is 3.86. The molecule has 2 aliphatic rings. The lowest BCUT2D eigenvalue weighted by molar-refractivity contribution is 0.344. The molecule has 0 aromatic carbocycles. The first-order valence-electron chi connectivity index (χ1n) is 4.55. The van der Waals surface area contributed by atoms with Gasteiger partial charge in [0.25, 0.3) is 0 Å². The molecule has 0 N–H and O–H groups in total. The van der Waals surface area contributed by atoms with Crippen molar-refractivity contribution >= 4 is 23.3 Å². The van der Waals surface area contributed by atoms with Crippen molar-refractivity contribution in [2.45, 2.75) is 12.3 Å². The summed E-state index contributed by atoms with van der Waals surface area (Å²) in [5, 5.41) is 0.628. The summed E-state index contributed by atoms with van der Waals surface area (Å²) in [5.74, 6) is 1.33. The summed E-state index contributed by atoms with van der Waals surface area (Å²) >= 11 is 7.21. The molecule has 3 atom stereocenters. The predicted octanol–water partition coefficient (Wildman–Crippen LogP) is 1.61. The summed E-state index contributed by atoms with van der Waals surface area (Å²) in [7, 11) is 0. The summed E-state index contributed by atoms with van der Waals surface area (Å²) < 4.78 is 8.31. The number of rotatable bonds is 1. The molecule has 1 aromatic rings. The third-order valence-corrected chi connectivity index (χ3v) is 4.08. The standard InChI is InChI=1S/C8H10ClN3S/c9-8-7(10-13-11-8)6-4-12-2-1-5(6)3-12/h5-6H,1-4H2/t5?,6-/m1/s1. The topological polar surface area (TPSA) is 29.0 Å². The minimum absolute atomic E-state index is 0.556. The lowest BCUT2D eigenvalue weighted by Crippen LogP contribution is -2.22. The third kappa shape index (κ3) is 1.20. The molecule has 1 aromatic heterocycles. The van der Waals surface area contributed by atoms with Crippen LogP contribution in [0.4, 0.5) is 0 Å². The first kappa shape index (κ1) is 8.15. The lowest BCUT2D eigenvalue weighted by atomic mass is 9.90. The molecule has 0 radical (unpaired) electrons. The van der Waals surface area contributed by atoms with Crippen molar-refractivity contribution in [3.8, 4) is 0 Å². The number of aromatic nitrogens is 2. The fraction of sp³-hybridized carbons (Fsp3) is 0.750. The molecule has 13 heavy (non-hydrogen) atoms. The fourth-order valence-electron chi connectivity index (χ4n) is 2.50. The number of hydrogen-bond acceptors (Lipinski definition) is 4. The maximum atomic E-state index is 5.98. The minimum atomic E-state index is 0.556. The fourth-order valence-corrected chi connectivity index (χ4v) is 3.34. The molecular weight excluding hydrogens is 206 g/mol. The van der Waals surface area contributed by atoms with Crippen molar-refractivity contribution < 1.29 is 0 Å². The Hall–Kier alpha value is -0.190. The number of fused-ring (bicyclic) bond motifs is 2. The molecule has 5 heteroatoms. The summed E-state index contributed by atoms with van der Waals surface area (Å²) in [5.41, 5.74) is 1.04. The summed E-state index contributed by atoms with van der Waals surface area (Å²) in [6.45, 7) is 3.63. The molecule has 3 nitrogen and oxygen atoms in total. The zero-order chi connectivity index (χ0) is 8.84. The van der Waals surface area contributed by atoms with Gasteiger partial charge in [0, 0.05) is 19.0 Å². The van der Waals surface area contributed by atoms with Crippen molar-refractivity contribution in [2.24, 2.45) is 5.92 Å². The van der Waals surface area contributed by atoms with Crippen molar-refractivity contribution in [1.29, 1.82) is 0 Å². The molecule has 2 aliphatic heterocycles. The molecule has 3 rings (SSSR count). The van der Waals surface area contributed by atoms with Gasteiger partial charge in [-0.3, -0.25) is 0 Å². The summed E-state index contributed by atoms with van der Waals surface area (Å²) in [4.78, 5) is 2.49. The van der Waals surface area contributed by atoms with E-state index in [1.165, 1.54) is 31.2 Å². The van der Waals surface area contributed by atoms with Crippen LogP contribution in [0.3, 0.4) is 0 Å². The zero-order valence-electron chi connectivity index (χ0n) is 7.11. The summed E-state index contributed by atoms with van der Waals surface area (Å²) in [6, 6.07) is 0. The minimum Gasteiger partial charge on any atom is -0.302 e. The van der Waals surface area contributed by atoms with Crippen LogP contribution in [0, 0.1) is 5.92 Å². The van der Waals surface area contributed by atoms with Crippen LogP contribution in [0.1, 0.15) is 18.0 Å². The van der Waals surface area contributed by atoms with E-state index in [2.05, 4.69) is 13.6 Å². The molecule has 70 valence electrons. The Kier molecular flexibility index (Phi) is 1.82. The van der Waals surface area contributed by atoms with Crippen LogP contribution in [0.5, 0.6) is 0 Å². The molecule has 2 saturated heterocycles. The van der Waals surface area contributed by atoms with Gasteiger partial charge in [-0.2, -0.15) is 8.75 Å². The van der Waals surface area contributed by atoms with Crippen molar-refractivity contribution in [2.75, 3.05) is 19.6 Å². The Bertz CT molecular complexity index is 327. The van der Waals surface area contributed by atoms with Crippen molar-refractivity contribution in [1.82, 2.24) is 13.6 Å². The van der Waals surface area contributed by atoms with E-state index in [0.717, 1.165) is 18.2 Å². The maximum Gasteiger partial charge on any atom is 0.166 e. The normalized spacial score (nSPS) is 37.2. The van der Waals surface area contributed by atoms with Gasteiger partial charge in [0.05, 0.1) is 17.4 Å². The second-order valence-corrected chi connectivity index (χ2v) is 4.74. The van der Waals surface area contributed by atoms with Gasteiger partial charge in [0.2, 0.25) is 0 Å². The summed E-state index contributed by atoms with van der Waals surface area (Å²) in [6.07, 6.45) is 1.30. The van der Waals surface area contributed by atoms with E-state index >= 15 is 0 Å². The van der Waals surface area contributed by atoms with Crippen LogP contribution >= 0.6 is 23.3 Å². The van der Waals surface area contributed by atoms with Crippen LogP contribution in [0.15, 0.2) is 0 Å². The predicted molar refractivity (Wildman–Crippen MR) is 52.2 cm³/mol. The van der Waals surface area contributed by atoms with Crippen molar-refractivity contribution in [3.05, 3.63) is 10.8 Å². The van der Waals surface area contributed by atoms with E-state index < -0.39 is 0 Å². The molecule has 0 amide bonds. The van der Waals surface area contributed by atoms with Crippen LogP contribution < -0.4 is 0 Å². The third-order valence-electron chi connectivity index (χ3n) is 3.16. The molecule has 0 aliphatic carbocycles. The Balaban J connectivity index is 1.91. The zero-order valence-corrected chi connectivity index (χ0v) is 8.68. The average molecular weight is 216 g/mol. The Morgan fingerprint density at radius 1 is 1.38 bits per heavy atom.